The molecule has 0 radical (unpaired) electrons. The zero-order valence-electron chi connectivity index (χ0n) is 38.6. The summed E-state index contributed by atoms with van der Waals surface area (Å²) in [6.07, 6.45) is -34.3. The lowest BCUT2D eigenvalue weighted by Gasteiger charge is -2.48. The molecule has 27 heteroatoms. The Kier molecular flexibility index (Phi) is 17.4. The lowest BCUT2D eigenvalue weighted by Crippen LogP contribution is -2.72. The second kappa shape index (κ2) is 22.5. The molecule has 2 fully saturated rings. The van der Waals surface area contributed by atoms with Crippen LogP contribution in [0.25, 0.3) is 12.2 Å². The predicted octanol–water partition coefficient (Wildman–Crippen LogP) is -6.42. The van der Waals surface area contributed by atoms with E-state index in [1.54, 1.807) is 0 Å². The standard InChI is InChI=1S/C48H54O27/c49-13-22(56)30(57)36(63)35(62)27(28-33(60)25(20(54)11-5-16-1-7-18(52)8-2-16)41(68)47(72,43(28)70)45-39(66)37(64)31(58)23(14-50)74-45)29-34(61)26(21(55)12-6-17-3-9-19(53)10-4-17)42(69)48(73,44(29)71)46-40(67)38(65)32(59)24(15-51)75-46/h1-12,22-24,27,30-32,35-40,45-46,49-67,72-73H,13-15H2/b11-5+,12-6+,25-20+,26-21+. The number of benzene rings is 2. The molecule has 27 nitrogen and oxygen atoms in total. The first-order valence-corrected chi connectivity index (χ1v) is 22.4. The van der Waals surface area contributed by atoms with Gasteiger partial charge >= 0.3 is 0 Å². The number of carbonyl (C=O) groups is 4. The monoisotopic (exact) mass is 1060 g/mol. The first-order valence-electron chi connectivity index (χ1n) is 22.4. The lowest BCUT2D eigenvalue weighted by molar-refractivity contribution is -0.261. The van der Waals surface area contributed by atoms with Gasteiger partial charge in [-0.1, -0.05) is 36.4 Å². The Balaban J connectivity index is 1.77. The van der Waals surface area contributed by atoms with E-state index in [2.05, 4.69) is 0 Å². The van der Waals surface area contributed by atoms with Gasteiger partial charge in [-0.3, -0.25) is 19.2 Å². The molecule has 2 aliphatic carbocycles. The SMILES string of the molecule is O=C1C(C(C2=C(O)/C(=C(O)/C=C/c3ccc(O)cc3)C(=O)C(O)(C3OC(CO)C(O)C(O)C3O)C2=O)C(O)C(O)C(O)C(O)CO)=C(O)/C(=C(O)/C=C/c2ccc(O)cc2)C(=O)C1(O)C1OC(CO)C(O)C(O)C1O. The Morgan fingerprint density at radius 3 is 1.17 bits per heavy atom. The highest BCUT2D eigenvalue weighted by atomic mass is 16.6. The Hall–Kier alpha value is -6.32. The number of rotatable bonds is 15. The molecule has 408 valence electrons. The fourth-order valence-corrected chi connectivity index (χ4v) is 9.07. The van der Waals surface area contributed by atoms with Crippen LogP contribution in [0, 0.1) is 5.92 Å². The smallest absolute Gasteiger partial charge is 0.219 e. The van der Waals surface area contributed by atoms with E-state index in [0.29, 0.717) is 12.2 Å². The van der Waals surface area contributed by atoms with Crippen molar-refractivity contribution in [1.82, 2.24) is 0 Å². The van der Waals surface area contributed by atoms with E-state index < -0.39 is 191 Å². The number of carbonyl (C=O) groups excluding carboxylic acids is 4. The molecule has 0 aromatic heterocycles. The molecule has 0 saturated carbocycles. The van der Waals surface area contributed by atoms with Crippen molar-refractivity contribution in [3.05, 3.63) is 117 Å². The number of phenols is 2. The summed E-state index contributed by atoms with van der Waals surface area (Å²) in [7, 11) is 0. The van der Waals surface area contributed by atoms with Gasteiger partial charge in [0.1, 0.15) is 125 Å². The minimum Gasteiger partial charge on any atom is -0.508 e. The van der Waals surface area contributed by atoms with E-state index in [9.17, 15) is 117 Å². The molecule has 2 aromatic carbocycles. The van der Waals surface area contributed by atoms with Crippen LogP contribution in [0.2, 0.25) is 0 Å². The van der Waals surface area contributed by atoms with Gasteiger partial charge in [-0.25, -0.2) is 0 Å². The van der Waals surface area contributed by atoms with Gasteiger partial charge in [-0.05, 0) is 47.5 Å². The van der Waals surface area contributed by atoms with Gasteiger partial charge in [0.2, 0.25) is 34.3 Å². The molecule has 16 atom stereocenters. The van der Waals surface area contributed by atoms with Crippen molar-refractivity contribution in [2.45, 2.75) is 96.7 Å². The van der Waals surface area contributed by atoms with Crippen LogP contribution >= 0.6 is 0 Å². The average molecular weight is 1060 g/mol. The minimum absolute atomic E-state index is 0.0960. The molecule has 6 rings (SSSR count). The zero-order chi connectivity index (χ0) is 55.9. The quantitative estimate of drug-likeness (QED) is 0.0448. The number of aliphatic hydroxyl groups is 19. The van der Waals surface area contributed by atoms with Gasteiger partial charge in [0.25, 0.3) is 0 Å². The number of Topliss-reactive ketones (excluding diaryl/α,β-unsaturated/α-hetero) is 4. The van der Waals surface area contributed by atoms with Crippen LogP contribution in [-0.4, -0.2) is 247 Å². The van der Waals surface area contributed by atoms with Crippen LogP contribution < -0.4 is 0 Å². The number of phenolic OH excluding ortho intramolecular Hbond substituents is 2. The van der Waals surface area contributed by atoms with E-state index >= 15 is 9.59 Å². The molecule has 2 heterocycles. The van der Waals surface area contributed by atoms with E-state index in [0.717, 1.165) is 36.4 Å². The second-order valence-electron chi connectivity index (χ2n) is 17.9. The van der Waals surface area contributed by atoms with Crippen LogP contribution in [0.1, 0.15) is 11.1 Å². The molecular formula is C48H54O27. The molecule has 2 saturated heterocycles. The number of hydrogen-bond donors (Lipinski definition) is 21. The topological polar surface area (TPSA) is 512 Å². The normalized spacial score (nSPS) is 34.5. The summed E-state index contributed by atoms with van der Waals surface area (Å²) in [5.41, 5.74) is -15.7. The fourth-order valence-electron chi connectivity index (χ4n) is 9.07. The molecule has 16 unspecified atom stereocenters. The van der Waals surface area contributed by atoms with Gasteiger partial charge in [0, 0.05) is 0 Å². The molecule has 75 heavy (non-hydrogen) atoms. The zero-order valence-corrected chi connectivity index (χ0v) is 38.6. The Morgan fingerprint density at radius 2 is 0.853 bits per heavy atom. The van der Waals surface area contributed by atoms with Crippen LogP contribution in [-0.2, 0) is 28.7 Å². The van der Waals surface area contributed by atoms with E-state index in [-0.39, 0.29) is 22.6 Å². The first kappa shape index (κ1) is 57.9. The number of aliphatic hydroxyl groups excluding tert-OH is 17. The highest BCUT2D eigenvalue weighted by Crippen LogP contribution is 2.48. The van der Waals surface area contributed by atoms with Crippen molar-refractivity contribution in [1.29, 1.82) is 0 Å². The van der Waals surface area contributed by atoms with Gasteiger partial charge < -0.3 is 117 Å². The highest BCUT2D eigenvalue weighted by Gasteiger charge is 2.68. The maximum atomic E-state index is 15.3. The van der Waals surface area contributed by atoms with Crippen LogP contribution in [0.5, 0.6) is 11.5 Å². The van der Waals surface area contributed by atoms with E-state index in [4.69, 9.17) is 9.47 Å². The van der Waals surface area contributed by atoms with Crippen molar-refractivity contribution >= 4 is 35.3 Å². The van der Waals surface area contributed by atoms with Gasteiger partial charge in [0.05, 0.1) is 43.0 Å². The third kappa shape index (κ3) is 10.1. The number of ether oxygens (including phenoxy) is 2. The van der Waals surface area contributed by atoms with Crippen molar-refractivity contribution in [2.75, 3.05) is 19.8 Å². The second-order valence-corrected chi connectivity index (χ2v) is 17.9. The molecule has 2 aromatic rings. The highest BCUT2D eigenvalue weighted by molar-refractivity contribution is 6.31. The number of hydrogen-bond acceptors (Lipinski definition) is 27. The average Bonchev–Trinajstić information content (AvgIpc) is 3.39. The Labute approximate surface area is 421 Å². The summed E-state index contributed by atoms with van der Waals surface area (Å²) in [6, 6.07) is 9.47. The summed E-state index contributed by atoms with van der Waals surface area (Å²) in [6.45, 7) is -4.07. The molecule has 4 aliphatic rings. The molecular weight excluding hydrogens is 1010 g/mol. The summed E-state index contributed by atoms with van der Waals surface area (Å²) >= 11 is 0. The number of aromatic hydroxyl groups is 2. The lowest BCUT2D eigenvalue weighted by atomic mass is 9.62. The van der Waals surface area contributed by atoms with Gasteiger partial charge in [-0.15, -0.1) is 0 Å². The van der Waals surface area contributed by atoms with Gasteiger partial charge in [0.15, 0.2) is 0 Å². The maximum Gasteiger partial charge on any atom is 0.219 e. The van der Waals surface area contributed by atoms with Crippen molar-refractivity contribution in [2.24, 2.45) is 5.92 Å². The van der Waals surface area contributed by atoms with Crippen LogP contribution in [0.3, 0.4) is 0 Å². The first-order chi connectivity index (χ1) is 35.2. The summed E-state index contributed by atoms with van der Waals surface area (Å²) in [5.74, 6) is -20.2. The third-order valence-electron chi connectivity index (χ3n) is 13.3. The molecule has 0 spiro atoms. The molecule has 2 aliphatic heterocycles. The summed E-state index contributed by atoms with van der Waals surface area (Å²) in [4.78, 5) is 60.1. The van der Waals surface area contributed by atoms with Crippen molar-refractivity contribution in [3.63, 3.8) is 0 Å². The van der Waals surface area contributed by atoms with Crippen molar-refractivity contribution < 1.29 is 136 Å². The fraction of sp³-hybridized carbons (Fsp3) is 0.417. The Morgan fingerprint density at radius 1 is 0.507 bits per heavy atom. The number of allylic oxidation sites excluding steroid dienone is 4. The van der Waals surface area contributed by atoms with E-state index in [1.165, 1.54) is 24.3 Å². The molecule has 21 N–H and O–H groups in total. The van der Waals surface area contributed by atoms with Gasteiger partial charge in [-0.2, -0.15) is 0 Å². The van der Waals surface area contributed by atoms with Crippen LogP contribution in [0.15, 0.2) is 106 Å². The summed E-state index contributed by atoms with van der Waals surface area (Å²) in [5, 5.41) is 233. The Bertz CT molecular complexity index is 2530. The third-order valence-corrected chi connectivity index (χ3v) is 13.3. The molecule has 0 amide bonds. The largest absolute Gasteiger partial charge is 0.508 e. The molecule has 0 bridgehead atoms. The number of ketones is 4. The summed E-state index contributed by atoms with van der Waals surface area (Å²) < 4.78 is 10.7. The maximum absolute atomic E-state index is 15.3. The van der Waals surface area contributed by atoms with Crippen molar-refractivity contribution in [3.8, 4) is 11.5 Å². The van der Waals surface area contributed by atoms with E-state index in [1.807, 2.05) is 0 Å². The van der Waals surface area contributed by atoms with Crippen LogP contribution in [0.4, 0.5) is 0 Å². The minimum atomic E-state index is -4.30. The predicted molar refractivity (Wildman–Crippen MR) is 245 cm³/mol.